The number of carbonyl (C=O) groups excluding carboxylic acids is 2. The predicted octanol–water partition coefficient (Wildman–Crippen LogP) is 5.15. The third-order valence-corrected chi connectivity index (χ3v) is 6.03. The van der Waals surface area contributed by atoms with Gasteiger partial charge in [0.05, 0.1) is 19.4 Å². The lowest BCUT2D eigenvalue weighted by Crippen LogP contribution is -2.22. The molecule has 0 aromatic heterocycles. The number of halogens is 2. The molecule has 1 aliphatic heterocycles. The number of rotatable bonds is 5. The van der Waals surface area contributed by atoms with E-state index in [1.165, 1.54) is 19.2 Å². The molecule has 6 nitrogen and oxygen atoms in total. The highest BCUT2D eigenvalue weighted by atomic mass is 79.9. The number of imide groups is 1. The fourth-order valence-corrected chi connectivity index (χ4v) is 4.67. The first kappa shape index (κ1) is 20.6. The Labute approximate surface area is 181 Å². The number of carboxylic acid groups (broad SMARTS) is 1. The lowest BCUT2D eigenvalue weighted by atomic mass is 10.1. The van der Waals surface area contributed by atoms with Gasteiger partial charge < -0.3 is 9.84 Å². The monoisotopic (exact) mass is 525 g/mol. The van der Waals surface area contributed by atoms with Crippen molar-refractivity contribution in [2.75, 3.05) is 7.05 Å². The van der Waals surface area contributed by atoms with Gasteiger partial charge in [-0.3, -0.25) is 14.5 Å². The maximum absolute atomic E-state index is 12.0. The van der Waals surface area contributed by atoms with Crippen molar-refractivity contribution < 1.29 is 24.2 Å². The largest absolute Gasteiger partial charge is 0.487 e. The minimum Gasteiger partial charge on any atom is -0.487 e. The van der Waals surface area contributed by atoms with Gasteiger partial charge in [-0.15, -0.1) is 0 Å². The number of carboxylic acids is 1. The molecule has 144 valence electrons. The Bertz CT molecular complexity index is 981. The summed E-state index contributed by atoms with van der Waals surface area (Å²) < 4.78 is 7.18. The van der Waals surface area contributed by atoms with E-state index in [4.69, 9.17) is 9.84 Å². The molecule has 2 amide bonds. The first-order valence-corrected chi connectivity index (χ1v) is 10.3. The van der Waals surface area contributed by atoms with Gasteiger partial charge in [-0.05, 0) is 85.1 Å². The van der Waals surface area contributed by atoms with E-state index >= 15 is 0 Å². The van der Waals surface area contributed by atoms with E-state index < -0.39 is 5.97 Å². The molecular formula is C19H13Br2NO5S. The molecule has 0 radical (unpaired) electrons. The van der Waals surface area contributed by atoms with Crippen LogP contribution in [-0.2, 0) is 11.4 Å². The Morgan fingerprint density at radius 2 is 1.79 bits per heavy atom. The standard InChI is InChI=1S/C19H13Br2NO5S/c1-22-17(23)15(28-19(22)26)8-11-6-13(20)16(14(21)7-11)27-9-10-2-4-12(5-3-10)18(24)25/h2-8H,9H2,1H3,(H,24,25)/b15-8-. The highest BCUT2D eigenvalue weighted by Crippen LogP contribution is 2.37. The number of thioether (sulfide) groups is 1. The third-order valence-electron chi connectivity index (χ3n) is 3.89. The quantitative estimate of drug-likeness (QED) is 0.542. The molecule has 1 fully saturated rings. The summed E-state index contributed by atoms with van der Waals surface area (Å²) in [5, 5.41) is 8.64. The molecule has 0 atom stereocenters. The minimum absolute atomic E-state index is 0.215. The summed E-state index contributed by atoms with van der Waals surface area (Å²) in [5.74, 6) is -0.732. The van der Waals surface area contributed by atoms with Gasteiger partial charge in [0, 0.05) is 7.05 Å². The lowest BCUT2D eigenvalue weighted by molar-refractivity contribution is -0.121. The van der Waals surface area contributed by atoms with E-state index in [0.717, 1.165) is 27.8 Å². The number of hydrogen-bond acceptors (Lipinski definition) is 5. The van der Waals surface area contributed by atoms with Gasteiger partial charge in [0.1, 0.15) is 12.4 Å². The average Bonchev–Trinajstić information content (AvgIpc) is 2.88. The number of hydrogen-bond donors (Lipinski definition) is 1. The van der Waals surface area contributed by atoms with Crippen molar-refractivity contribution in [3.8, 4) is 5.75 Å². The Kier molecular flexibility index (Phi) is 6.26. The zero-order valence-electron chi connectivity index (χ0n) is 14.4. The van der Waals surface area contributed by atoms with E-state index in [1.54, 1.807) is 30.3 Å². The minimum atomic E-state index is -0.977. The van der Waals surface area contributed by atoms with Crippen LogP contribution in [0.1, 0.15) is 21.5 Å². The number of likely N-dealkylation sites (N-methyl/N-ethyl adjacent to an activating group) is 1. The van der Waals surface area contributed by atoms with E-state index in [9.17, 15) is 14.4 Å². The number of benzene rings is 2. The van der Waals surface area contributed by atoms with Gasteiger partial charge in [0.15, 0.2) is 0 Å². The lowest BCUT2D eigenvalue weighted by Gasteiger charge is -2.12. The molecule has 1 N–H and O–H groups in total. The topological polar surface area (TPSA) is 83.9 Å². The molecule has 3 rings (SSSR count). The fraction of sp³-hybridized carbons (Fsp3) is 0.105. The SMILES string of the molecule is CN1C(=O)S/C(=C\c2cc(Br)c(OCc3ccc(C(=O)O)cc3)c(Br)c2)C1=O. The van der Waals surface area contributed by atoms with Crippen molar-refractivity contribution in [3.63, 3.8) is 0 Å². The second kappa shape index (κ2) is 8.50. The molecule has 0 unspecified atom stereocenters. The Morgan fingerprint density at radius 3 is 2.29 bits per heavy atom. The normalized spacial score (nSPS) is 15.4. The molecule has 1 saturated heterocycles. The summed E-state index contributed by atoms with van der Waals surface area (Å²) in [5.41, 5.74) is 1.77. The maximum atomic E-state index is 12.0. The summed E-state index contributed by atoms with van der Waals surface area (Å²) in [6.45, 7) is 0.255. The van der Waals surface area contributed by atoms with Gasteiger partial charge >= 0.3 is 5.97 Å². The van der Waals surface area contributed by atoms with Gasteiger partial charge in [-0.2, -0.15) is 0 Å². The highest BCUT2D eigenvalue weighted by molar-refractivity contribution is 9.11. The summed E-state index contributed by atoms with van der Waals surface area (Å²) in [6, 6.07) is 10.0. The van der Waals surface area contributed by atoms with Crippen LogP contribution in [0, 0.1) is 0 Å². The van der Waals surface area contributed by atoms with E-state index in [-0.39, 0.29) is 23.3 Å². The van der Waals surface area contributed by atoms with Crippen LogP contribution in [0.3, 0.4) is 0 Å². The van der Waals surface area contributed by atoms with Gasteiger partial charge in [-0.1, -0.05) is 12.1 Å². The zero-order valence-corrected chi connectivity index (χ0v) is 18.4. The number of amides is 2. The predicted molar refractivity (Wildman–Crippen MR) is 113 cm³/mol. The molecule has 0 spiro atoms. The van der Waals surface area contributed by atoms with E-state index in [2.05, 4.69) is 31.9 Å². The van der Waals surface area contributed by atoms with E-state index in [1.807, 2.05) is 0 Å². The molecule has 9 heteroatoms. The molecule has 1 aliphatic rings. The summed E-state index contributed by atoms with van der Waals surface area (Å²) in [6.07, 6.45) is 1.65. The van der Waals surface area contributed by atoms with Gasteiger partial charge in [0.25, 0.3) is 11.1 Å². The van der Waals surface area contributed by atoms with Gasteiger partial charge in [0.2, 0.25) is 0 Å². The third kappa shape index (κ3) is 4.48. The van der Waals surface area contributed by atoms with E-state index in [0.29, 0.717) is 19.6 Å². The average molecular weight is 527 g/mol. The smallest absolute Gasteiger partial charge is 0.335 e. The molecule has 28 heavy (non-hydrogen) atoms. The number of nitrogens with zero attached hydrogens (tertiary/aromatic N) is 1. The van der Waals surface area contributed by atoms with Crippen LogP contribution in [0.2, 0.25) is 0 Å². The Hall–Kier alpha value is -2.10. The van der Waals surface area contributed by atoms with Crippen molar-refractivity contribution in [1.29, 1.82) is 0 Å². The molecule has 2 aromatic carbocycles. The van der Waals surface area contributed by atoms with Crippen molar-refractivity contribution in [2.45, 2.75) is 6.61 Å². The maximum Gasteiger partial charge on any atom is 0.335 e. The summed E-state index contributed by atoms with van der Waals surface area (Å²) in [4.78, 5) is 36.0. The molecule has 2 aromatic rings. The van der Waals surface area contributed by atoms with Crippen LogP contribution >= 0.6 is 43.6 Å². The second-order valence-corrected chi connectivity index (χ2v) is 8.55. The van der Waals surface area contributed by atoms with Crippen molar-refractivity contribution in [2.24, 2.45) is 0 Å². The fourth-order valence-electron chi connectivity index (χ4n) is 2.40. The van der Waals surface area contributed by atoms with Crippen LogP contribution < -0.4 is 4.74 Å². The Morgan fingerprint density at radius 1 is 1.18 bits per heavy atom. The van der Waals surface area contributed by atoms with Crippen LogP contribution in [0.25, 0.3) is 6.08 Å². The van der Waals surface area contributed by atoms with Crippen molar-refractivity contribution >= 4 is 66.8 Å². The Balaban J connectivity index is 1.76. The van der Waals surface area contributed by atoms with Crippen LogP contribution in [-0.4, -0.2) is 34.2 Å². The molecule has 0 aliphatic carbocycles. The molecule has 0 bridgehead atoms. The molecular weight excluding hydrogens is 514 g/mol. The zero-order chi connectivity index (χ0) is 20.4. The van der Waals surface area contributed by atoms with Gasteiger partial charge in [-0.25, -0.2) is 4.79 Å². The van der Waals surface area contributed by atoms with Crippen molar-refractivity contribution in [3.05, 3.63) is 66.9 Å². The number of aromatic carboxylic acids is 1. The summed E-state index contributed by atoms with van der Waals surface area (Å²) >= 11 is 7.82. The van der Waals surface area contributed by atoms with Crippen LogP contribution in [0.15, 0.2) is 50.2 Å². The first-order valence-electron chi connectivity index (χ1n) is 7.92. The van der Waals surface area contributed by atoms with Crippen LogP contribution in [0.5, 0.6) is 5.75 Å². The molecule has 1 heterocycles. The first-order chi connectivity index (χ1) is 13.3. The highest BCUT2D eigenvalue weighted by Gasteiger charge is 2.31. The second-order valence-electron chi connectivity index (χ2n) is 5.85. The van der Waals surface area contributed by atoms with Crippen molar-refractivity contribution in [1.82, 2.24) is 4.90 Å². The number of ether oxygens (including phenoxy) is 1. The number of carbonyl (C=O) groups is 3. The van der Waals surface area contributed by atoms with Crippen LogP contribution in [0.4, 0.5) is 4.79 Å². The molecule has 0 saturated carbocycles. The summed E-state index contributed by atoms with van der Waals surface area (Å²) in [7, 11) is 1.45.